The third-order valence-corrected chi connectivity index (χ3v) is 4.13. The van der Waals surface area contributed by atoms with Gasteiger partial charge in [0, 0.05) is 28.7 Å². The third kappa shape index (κ3) is 5.53. The van der Waals surface area contributed by atoms with Crippen molar-refractivity contribution in [2.75, 3.05) is 10.6 Å². The van der Waals surface area contributed by atoms with Crippen LogP contribution in [0.1, 0.15) is 25.3 Å². The Hall–Kier alpha value is -2.14. The number of amides is 2. The van der Waals surface area contributed by atoms with Crippen molar-refractivity contribution in [3.05, 3.63) is 58.6 Å². The van der Waals surface area contributed by atoms with Gasteiger partial charge in [0.1, 0.15) is 0 Å². The van der Waals surface area contributed by atoms with Gasteiger partial charge in [-0.2, -0.15) is 0 Å². The van der Waals surface area contributed by atoms with Crippen molar-refractivity contribution in [2.24, 2.45) is 0 Å². The van der Waals surface area contributed by atoms with Crippen molar-refractivity contribution in [1.29, 1.82) is 0 Å². The zero-order chi connectivity index (χ0) is 16.7. The van der Waals surface area contributed by atoms with Gasteiger partial charge in [-0.15, -0.1) is 0 Å². The Balaban J connectivity index is 1.85. The summed E-state index contributed by atoms with van der Waals surface area (Å²) in [7, 11) is 0. The highest BCUT2D eigenvalue weighted by molar-refractivity contribution is 9.10. The lowest BCUT2D eigenvalue weighted by Gasteiger charge is -2.08. The lowest BCUT2D eigenvalue weighted by molar-refractivity contribution is -0.116. The number of benzene rings is 2. The van der Waals surface area contributed by atoms with E-state index in [0.29, 0.717) is 19.3 Å². The summed E-state index contributed by atoms with van der Waals surface area (Å²) >= 11 is 3.48. The Kier molecular flexibility index (Phi) is 6.35. The second-order valence-corrected chi connectivity index (χ2v) is 5.97. The zero-order valence-electron chi connectivity index (χ0n) is 12.9. The number of carbonyl (C=O) groups is 2. The molecule has 0 atom stereocenters. The fraction of sp³-hybridized carbons (Fsp3) is 0.222. The molecule has 120 valence electrons. The average Bonchev–Trinajstić information content (AvgIpc) is 2.56. The van der Waals surface area contributed by atoms with Crippen LogP contribution in [0.5, 0.6) is 0 Å². The molecule has 0 spiro atoms. The second-order valence-electron chi connectivity index (χ2n) is 5.12. The van der Waals surface area contributed by atoms with Crippen molar-refractivity contribution >= 4 is 39.1 Å². The van der Waals surface area contributed by atoms with Gasteiger partial charge in [-0.3, -0.25) is 9.59 Å². The van der Waals surface area contributed by atoms with Crippen LogP contribution in [0.15, 0.2) is 53.0 Å². The summed E-state index contributed by atoms with van der Waals surface area (Å²) < 4.78 is 1.02. The maximum absolute atomic E-state index is 12.0. The van der Waals surface area contributed by atoms with Crippen LogP contribution in [-0.2, 0) is 16.0 Å². The molecule has 2 N–H and O–H groups in total. The van der Waals surface area contributed by atoms with Gasteiger partial charge in [0.05, 0.1) is 0 Å². The van der Waals surface area contributed by atoms with Crippen molar-refractivity contribution in [1.82, 2.24) is 0 Å². The smallest absolute Gasteiger partial charge is 0.224 e. The molecule has 0 saturated carbocycles. The number of anilines is 2. The van der Waals surface area contributed by atoms with Crippen LogP contribution in [0.25, 0.3) is 0 Å². The van der Waals surface area contributed by atoms with Crippen LogP contribution in [-0.4, -0.2) is 11.8 Å². The van der Waals surface area contributed by atoms with Crippen LogP contribution in [0.2, 0.25) is 0 Å². The van der Waals surface area contributed by atoms with Gasteiger partial charge >= 0.3 is 0 Å². The molecule has 0 bridgehead atoms. The highest BCUT2D eigenvalue weighted by Gasteiger charge is 2.06. The first-order chi connectivity index (χ1) is 11.1. The Morgan fingerprint density at radius 3 is 2.04 bits per heavy atom. The van der Waals surface area contributed by atoms with Crippen molar-refractivity contribution < 1.29 is 9.59 Å². The standard InChI is InChI=1S/C18H19BrN2O2/c1-2-17(22)20-14-8-10-15(11-9-14)21-18(23)12-7-13-5-3-4-6-16(13)19/h3-6,8-11H,2,7,12H2,1H3,(H,20,22)(H,21,23). The summed E-state index contributed by atoms with van der Waals surface area (Å²) in [5, 5.41) is 5.63. The number of halogens is 1. The number of carbonyl (C=O) groups excluding carboxylic acids is 2. The molecule has 2 aromatic rings. The molecule has 0 aliphatic carbocycles. The normalized spacial score (nSPS) is 10.2. The summed E-state index contributed by atoms with van der Waals surface area (Å²) in [5.41, 5.74) is 2.56. The van der Waals surface area contributed by atoms with Gasteiger partial charge in [-0.25, -0.2) is 0 Å². The number of hydrogen-bond donors (Lipinski definition) is 2. The predicted molar refractivity (Wildman–Crippen MR) is 96.5 cm³/mol. The fourth-order valence-electron chi connectivity index (χ4n) is 2.06. The van der Waals surface area contributed by atoms with Gasteiger partial charge in [-0.05, 0) is 42.3 Å². The first-order valence-corrected chi connectivity index (χ1v) is 8.31. The molecule has 23 heavy (non-hydrogen) atoms. The second kappa shape index (κ2) is 8.48. The van der Waals surface area contributed by atoms with Gasteiger partial charge in [0.2, 0.25) is 11.8 Å². The molecule has 0 heterocycles. The monoisotopic (exact) mass is 374 g/mol. The van der Waals surface area contributed by atoms with E-state index in [0.717, 1.165) is 21.4 Å². The SMILES string of the molecule is CCC(=O)Nc1ccc(NC(=O)CCc2ccccc2Br)cc1. The van der Waals surface area contributed by atoms with E-state index in [9.17, 15) is 9.59 Å². The summed E-state index contributed by atoms with van der Waals surface area (Å²) in [5.74, 6) is -0.0682. The molecule has 4 nitrogen and oxygen atoms in total. The van der Waals surface area contributed by atoms with Gasteiger partial charge < -0.3 is 10.6 Å². The quantitative estimate of drug-likeness (QED) is 0.788. The Morgan fingerprint density at radius 2 is 1.48 bits per heavy atom. The number of hydrogen-bond acceptors (Lipinski definition) is 2. The van der Waals surface area contributed by atoms with Gasteiger partial charge in [0.25, 0.3) is 0 Å². The van der Waals surface area contributed by atoms with Crippen molar-refractivity contribution in [3.8, 4) is 0 Å². The summed E-state index contributed by atoms with van der Waals surface area (Å²) in [4.78, 5) is 23.3. The molecule has 2 aromatic carbocycles. The lowest BCUT2D eigenvalue weighted by Crippen LogP contribution is -2.13. The van der Waals surface area contributed by atoms with E-state index in [2.05, 4.69) is 26.6 Å². The van der Waals surface area contributed by atoms with Gasteiger partial charge in [0.15, 0.2) is 0 Å². The van der Waals surface area contributed by atoms with E-state index in [1.54, 1.807) is 31.2 Å². The fourth-order valence-corrected chi connectivity index (χ4v) is 2.54. The Morgan fingerprint density at radius 1 is 0.913 bits per heavy atom. The molecule has 0 aliphatic heterocycles. The molecule has 2 amide bonds. The average molecular weight is 375 g/mol. The van der Waals surface area contributed by atoms with Crippen LogP contribution < -0.4 is 10.6 Å². The molecule has 0 aliphatic rings. The molecule has 0 unspecified atom stereocenters. The number of aryl methyl sites for hydroxylation is 1. The van der Waals surface area contributed by atoms with Crippen molar-refractivity contribution in [2.45, 2.75) is 26.2 Å². The van der Waals surface area contributed by atoms with E-state index in [1.807, 2.05) is 24.3 Å². The molecular weight excluding hydrogens is 356 g/mol. The minimum absolute atomic E-state index is 0.0322. The van der Waals surface area contributed by atoms with Crippen LogP contribution in [0.4, 0.5) is 11.4 Å². The first kappa shape index (κ1) is 17.2. The zero-order valence-corrected chi connectivity index (χ0v) is 14.5. The van der Waals surface area contributed by atoms with E-state index >= 15 is 0 Å². The Labute approximate surface area is 144 Å². The van der Waals surface area contributed by atoms with E-state index < -0.39 is 0 Å². The summed E-state index contributed by atoms with van der Waals surface area (Å²) in [6.45, 7) is 1.80. The van der Waals surface area contributed by atoms with E-state index in [-0.39, 0.29) is 11.8 Å². The molecule has 5 heteroatoms. The molecule has 0 fully saturated rings. The van der Waals surface area contributed by atoms with Crippen LogP contribution >= 0.6 is 15.9 Å². The van der Waals surface area contributed by atoms with Crippen LogP contribution in [0.3, 0.4) is 0 Å². The maximum atomic E-state index is 12.0. The summed E-state index contributed by atoms with van der Waals surface area (Å²) in [6.07, 6.45) is 1.53. The lowest BCUT2D eigenvalue weighted by atomic mass is 10.1. The molecular formula is C18H19BrN2O2. The van der Waals surface area contributed by atoms with E-state index in [4.69, 9.17) is 0 Å². The minimum Gasteiger partial charge on any atom is -0.326 e. The van der Waals surface area contributed by atoms with Gasteiger partial charge in [-0.1, -0.05) is 41.1 Å². The minimum atomic E-state index is -0.0360. The molecule has 0 aromatic heterocycles. The molecule has 0 radical (unpaired) electrons. The predicted octanol–water partition coefficient (Wildman–Crippen LogP) is 4.37. The molecule has 0 saturated heterocycles. The van der Waals surface area contributed by atoms with Crippen molar-refractivity contribution in [3.63, 3.8) is 0 Å². The maximum Gasteiger partial charge on any atom is 0.224 e. The first-order valence-electron chi connectivity index (χ1n) is 7.51. The number of nitrogens with one attached hydrogen (secondary N) is 2. The number of rotatable bonds is 6. The summed E-state index contributed by atoms with van der Waals surface area (Å²) in [6, 6.07) is 15.0. The van der Waals surface area contributed by atoms with E-state index in [1.165, 1.54) is 0 Å². The Bertz CT molecular complexity index is 684. The highest BCUT2D eigenvalue weighted by atomic mass is 79.9. The largest absolute Gasteiger partial charge is 0.326 e. The third-order valence-electron chi connectivity index (χ3n) is 3.35. The topological polar surface area (TPSA) is 58.2 Å². The highest BCUT2D eigenvalue weighted by Crippen LogP contribution is 2.18. The molecule has 2 rings (SSSR count). The van der Waals surface area contributed by atoms with Crippen LogP contribution in [0, 0.1) is 0 Å².